The Hall–Kier alpha value is -7.36. The highest BCUT2D eigenvalue weighted by Crippen LogP contribution is 2.41. The predicted molar refractivity (Wildman–Crippen MR) is 277 cm³/mol. The van der Waals surface area contributed by atoms with E-state index in [0.717, 1.165) is 11.1 Å². The standard InChI is InChI=1S/C61H42S2/c1-40(23-27-58-41(2)55-38-47(25-29-59(55)62-58)53-33-49(42-15-7-3-8-16-42)31-50(34-53)43-17-9-4-10-18-43)46-24-28-60-56(37-46)57-39-48(26-30-61(57)63-60)54-35-51(44-19-11-5-12-20-44)32-52(36-54)45-21-13-6-14-22-45/h3-39H,1H2,2H3/b27-23-. The number of aryl methyl sites for hydroxylation is 1. The topological polar surface area (TPSA) is 0 Å². The lowest BCUT2D eigenvalue weighted by atomic mass is 9.93. The van der Waals surface area contributed by atoms with Crippen LogP contribution in [0.2, 0.25) is 0 Å². The van der Waals surface area contributed by atoms with Crippen LogP contribution in [0.5, 0.6) is 0 Å². The zero-order valence-electron chi connectivity index (χ0n) is 34.9. The molecule has 2 heteroatoms. The second kappa shape index (κ2) is 16.5. The summed E-state index contributed by atoms with van der Waals surface area (Å²) in [5.41, 5.74) is 18.0. The van der Waals surface area contributed by atoms with Crippen LogP contribution >= 0.6 is 22.7 Å². The summed E-state index contributed by atoms with van der Waals surface area (Å²) in [7, 11) is 0. The van der Waals surface area contributed by atoms with E-state index in [9.17, 15) is 0 Å². The molecule has 0 aliphatic rings. The van der Waals surface area contributed by atoms with Crippen molar-refractivity contribution in [2.45, 2.75) is 6.92 Å². The minimum absolute atomic E-state index is 0.999. The van der Waals surface area contributed by atoms with Gasteiger partial charge in [-0.3, -0.25) is 0 Å². The second-order valence-electron chi connectivity index (χ2n) is 16.2. The fourth-order valence-electron chi connectivity index (χ4n) is 8.79. The summed E-state index contributed by atoms with van der Waals surface area (Å²) in [6.07, 6.45) is 4.44. The van der Waals surface area contributed by atoms with Gasteiger partial charge in [0.1, 0.15) is 0 Å². The Morgan fingerprint density at radius 1 is 0.349 bits per heavy atom. The van der Waals surface area contributed by atoms with Crippen LogP contribution in [0.15, 0.2) is 225 Å². The number of fused-ring (bicyclic) bond motifs is 4. The molecule has 2 heterocycles. The summed E-state index contributed by atoms with van der Waals surface area (Å²) in [5, 5.41) is 3.84. The molecule has 0 aliphatic carbocycles. The van der Waals surface area contributed by atoms with Gasteiger partial charge in [-0.2, -0.15) is 0 Å². The molecule has 0 saturated carbocycles. The summed E-state index contributed by atoms with van der Waals surface area (Å²) in [4.78, 5) is 1.26. The van der Waals surface area contributed by atoms with Crippen molar-refractivity contribution < 1.29 is 0 Å². The van der Waals surface area contributed by atoms with Crippen LogP contribution < -0.4 is 0 Å². The maximum atomic E-state index is 4.58. The highest BCUT2D eigenvalue weighted by Gasteiger charge is 2.14. The van der Waals surface area contributed by atoms with E-state index in [1.54, 1.807) is 0 Å². The van der Waals surface area contributed by atoms with Crippen molar-refractivity contribution in [1.82, 2.24) is 0 Å². The van der Waals surface area contributed by atoms with E-state index in [-0.39, 0.29) is 0 Å². The number of allylic oxidation sites excluding steroid dienone is 2. The van der Waals surface area contributed by atoms with Crippen LogP contribution in [-0.2, 0) is 0 Å². The molecule has 0 bridgehead atoms. The summed E-state index contributed by atoms with van der Waals surface area (Å²) in [6.45, 7) is 6.83. The van der Waals surface area contributed by atoms with Gasteiger partial charge in [0.25, 0.3) is 0 Å². The van der Waals surface area contributed by atoms with Gasteiger partial charge in [0.05, 0.1) is 0 Å². The Bertz CT molecular complexity index is 3380. The normalized spacial score (nSPS) is 11.6. The molecule has 11 rings (SSSR count). The molecule has 0 radical (unpaired) electrons. The lowest BCUT2D eigenvalue weighted by Gasteiger charge is -2.12. The molecule has 11 aromatic rings. The van der Waals surface area contributed by atoms with E-state index in [4.69, 9.17) is 0 Å². The monoisotopic (exact) mass is 838 g/mol. The first-order valence-corrected chi connectivity index (χ1v) is 23.0. The minimum Gasteiger partial charge on any atom is -0.136 e. The Morgan fingerprint density at radius 2 is 0.714 bits per heavy atom. The molecule has 0 N–H and O–H groups in total. The number of rotatable bonds is 9. The Balaban J connectivity index is 0.907. The third-order valence-electron chi connectivity index (χ3n) is 12.2. The van der Waals surface area contributed by atoms with E-state index in [1.807, 2.05) is 22.7 Å². The first kappa shape index (κ1) is 38.6. The van der Waals surface area contributed by atoms with Gasteiger partial charge in [-0.05, 0) is 175 Å². The molecular weight excluding hydrogens is 797 g/mol. The van der Waals surface area contributed by atoms with Gasteiger partial charge in [-0.25, -0.2) is 0 Å². The van der Waals surface area contributed by atoms with Gasteiger partial charge < -0.3 is 0 Å². The average molecular weight is 839 g/mol. The third-order valence-corrected chi connectivity index (χ3v) is 14.6. The van der Waals surface area contributed by atoms with Gasteiger partial charge in [-0.1, -0.05) is 152 Å². The molecule has 9 aromatic carbocycles. The first-order chi connectivity index (χ1) is 31.0. The lowest BCUT2D eigenvalue weighted by molar-refractivity contribution is 1.56. The molecule has 0 saturated heterocycles. The minimum atomic E-state index is 0.999. The van der Waals surface area contributed by atoms with E-state index in [1.165, 1.54) is 107 Å². The molecule has 298 valence electrons. The Labute approximate surface area is 377 Å². The highest BCUT2D eigenvalue weighted by molar-refractivity contribution is 7.25. The lowest BCUT2D eigenvalue weighted by Crippen LogP contribution is -1.86. The van der Waals surface area contributed by atoms with Crippen molar-refractivity contribution in [2.75, 3.05) is 0 Å². The number of thiophene rings is 2. The summed E-state index contributed by atoms with van der Waals surface area (Å²) < 4.78 is 3.86. The van der Waals surface area contributed by atoms with Crippen molar-refractivity contribution in [3.63, 3.8) is 0 Å². The van der Waals surface area contributed by atoms with E-state index in [2.05, 4.69) is 238 Å². The van der Waals surface area contributed by atoms with Gasteiger partial charge in [-0.15, -0.1) is 22.7 Å². The molecule has 0 aliphatic heterocycles. The summed E-state index contributed by atoms with van der Waals surface area (Å²) in [6, 6.07) is 77.4. The average Bonchev–Trinajstić information content (AvgIpc) is 3.89. The van der Waals surface area contributed by atoms with Crippen LogP contribution in [-0.4, -0.2) is 0 Å². The maximum absolute atomic E-state index is 4.58. The van der Waals surface area contributed by atoms with Gasteiger partial charge in [0.15, 0.2) is 0 Å². The fraction of sp³-hybridized carbons (Fsp3) is 0.0164. The molecule has 0 nitrogen and oxygen atoms in total. The zero-order chi connectivity index (χ0) is 42.3. The molecule has 63 heavy (non-hydrogen) atoms. The molecule has 0 unspecified atom stereocenters. The van der Waals surface area contributed by atoms with Crippen LogP contribution in [0.3, 0.4) is 0 Å². The van der Waals surface area contributed by atoms with Gasteiger partial charge in [0, 0.05) is 29.7 Å². The van der Waals surface area contributed by atoms with Gasteiger partial charge in [0.2, 0.25) is 0 Å². The van der Waals surface area contributed by atoms with Crippen LogP contribution in [0.1, 0.15) is 16.0 Å². The summed E-state index contributed by atoms with van der Waals surface area (Å²) >= 11 is 3.70. The smallest absolute Gasteiger partial charge is 0.0355 e. The number of hydrogen-bond acceptors (Lipinski definition) is 2. The van der Waals surface area contributed by atoms with Gasteiger partial charge >= 0.3 is 0 Å². The van der Waals surface area contributed by atoms with E-state index in [0.29, 0.717) is 0 Å². The fourth-order valence-corrected chi connectivity index (χ4v) is 10.9. The van der Waals surface area contributed by atoms with Crippen LogP contribution in [0.25, 0.3) is 109 Å². The second-order valence-corrected chi connectivity index (χ2v) is 18.4. The highest BCUT2D eigenvalue weighted by atomic mass is 32.1. The largest absolute Gasteiger partial charge is 0.136 e. The molecular formula is C61H42S2. The van der Waals surface area contributed by atoms with Crippen LogP contribution in [0, 0.1) is 6.92 Å². The van der Waals surface area contributed by atoms with Crippen molar-refractivity contribution in [3.8, 4) is 66.8 Å². The van der Waals surface area contributed by atoms with E-state index >= 15 is 0 Å². The quantitative estimate of drug-likeness (QED) is 0.127. The molecule has 0 fully saturated rings. The van der Waals surface area contributed by atoms with Crippen molar-refractivity contribution >= 4 is 64.6 Å². The summed E-state index contributed by atoms with van der Waals surface area (Å²) in [5.74, 6) is 0. The first-order valence-electron chi connectivity index (χ1n) is 21.4. The molecule has 2 aromatic heterocycles. The number of benzene rings is 9. The van der Waals surface area contributed by atoms with Crippen molar-refractivity contribution in [2.24, 2.45) is 0 Å². The maximum Gasteiger partial charge on any atom is 0.0355 e. The zero-order valence-corrected chi connectivity index (χ0v) is 36.5. The Kier molecular flexibility index (Phi) is 10.1. The van der Waals surface area contributed by atoms with Crippen LogP contribution in [0.4, 0.5) is 0 Å². The number of hydrogen-bond donors (Lipinski definition) is 0. The van der Waals surface area contributed by atoms with E-state index < -0.39 is 0 Å². The SMILES string of the molecule is C=C(/C=C\c1sc2ccc(-c3cc(-c4ccccc4)cc(-c4ccccc4)c3)cc2c1C)c1ccc2sc3ccc(-c4cc(-c5ccccc5)cc(-c5ccccc5)c4)cc3c2c1. The molecule has 0 amide bonds. The predicted octanol–water partition coefficient (Wildman–Crippen LogP) is 18.3. The molecule has 0 atom stereocenters. The molecule has 0 spiro atoms. The van der Waals surface area contributed by atoms with Crippen molar-refractivity contribution in [3.05, 3.63) is 241 Å². The third kappa shape index (κ3) is 7.65. The Morgan fingerprint density at radius 3 is 1.16 bits per heavy atom. The van der Waals surface area contributed by atoms with Crippen molar-refractivity contribution in [1.29, 1.82) is 0 Å².